The SMILES string of the molecule is COc1cc(Nc2cc(-c3ccc(F)cc3)nn2-c2cc(C)ccc2C)c(C(=O)O)cc1OC. The highest BCUT2D eigenvalue weighted by Gasteiger charge is 2.20. The Labute approximate surface area is 196 Å². The van der Waals surface area contributed by atoms with Crippen molar-refractivity contribution in [3.63, 3.8) is 0 Å². The average molecular weight is 461 g/mol. The first-order valence-corrected chi connectivity index (χ1v) is 10.5. The topological polar surface area (TPSA) is 85.6 Å². The van der Waals surface area contributed by atoms with Crippen LogP contribution in [0.25, 0.3) is 16.9 Å². The third kappa shape index (κ3) is 4.43. The van der Waals surface area contributed by atoms with Crippen LogP contribution in [0.15, 0.2) is 60.7 Å². The maximum absolute atomic E-state index is 13.5. The van der Waals surface area contributed by atoms with Crippen LogP contribution < -0.4 is 14.8 Å². The van der Waals surface area contributed by atoms with Gasteiger partial charge in [0.25, 0.3) is 0 Å². The molecule has 0 saturated heterocycles. The van der Waals surface area contributed by atoms with E-state index in [1.165, 1.54) is 32.4 Å². The summed E-state index contributed by atoms with van der Waals surface area (Å²) < 4.78 is 25.8. The maximum atomic E-state index is 13.5. The molecule has 0 unspecified atom stereocenters. The lowest BCUT2D eigenvalue weighted by atomic mass is 10.1. The maximum Gasteiger partial charge on any atom is 0.337 e. The molecule has 0 aliphatic carbocycles. The first-order valence-electron chi connectivity index (χ1n) is 10.5. The highest BCUT2D eigenvalue weighted by molar-refractivity contribution is 5.96. The molecule has 0 fully saturated rings. The third-order valence-electron chi connectivity index (χ3n) is 5.46. The number of carboxylic acid groups (broad SMARTS) is 1. The fraction of sp³-hybridized carbons (Fsp3) is 0.154. The molecule has 0 atom stereocenters. The molecule has 4 aromatic rings. The number of aromatic nitrogens is 2. The van der Waals surface area contributed by atoms with Crippen LogP contribution in [0.5, 0.6) is 11.5 Å². The quantitative estimate of drug-likeness (QED) is 0.364. The fourth-order valence-electron chi connectivity index (χ4n) is 3.66. The zero-order chi connectivity index (χ0) is 24.4. The fourth-order valence-corrected chi connectivity index (χ4v) is 3.66. The van der Waals surface area contributed by atoms with Crippen LogP contribution in [0.2, 0.25) is 0 Å². The zero-order valence-electron chi connectivity index (χ0n) is 19.2. The van der Waals surface area contributed by atoms with E-state index in [2.05, 4.69) is 5.32 Å². The molecule has 0 saturated carbocycles. The summed E-state index contributed by atoms with van der Waals surface area (Å²) in [5.74, 6) is -0.248. The van der Waals surface area contributed by atoms with Crippen LogP contribution in [-0.2, 0) is 0 Å². The molecule has 2 N–H and O–H groups in total. The zero-order valence-corrected chi connectivity index (χ0v) is 19.2. The molecule has 0 aliphatic heterocycles. The van der Waals surface area contributed by atoms with Gasteiger partial charge in [0.1, 0.15) is 11.6 Å². The van der Waals surface area contributed by atoms with Gasteiger partial charge in [0, 0.05) is 23.8 Å². The van der Waals surface area contributed by atoms with E-state index in [1.54, 1.807) is 28.9 Å². The van der Waals surface area contributed by atoms with E-state index in [-0.39, 0.29) is 11.4 Å². The Bertz CT molecular complexity index is 1360. The van der Waals surface area contributed by atoms with Crippen LogP contribution in [0.1, 0.15) is 21.5 Å². The van der Waals surface area contributed by atoms with Crippen molar-refractivity contribution in [1.29, 1.82) is 0 Å². The number of nitrogens with zero attached hydrogens (tertiary/aromatic N) is 2. The Morgan fingerprint density at radius 1 is 0.971 bits per heavy atom. The number of benzene rings is 3. The Morgan fingerprint density at radius 3 is 2.29 bits per heavy atom. The second kappa shape index (κ2) is 9.27. The van der Waals surface area contributed by atoms with Crippen molar-refractivity contribution in [2.24, 2.45) is 0 Å². The summed E-state index contributed by atoms with van der Waals surface area (Å²) in [5.41, 5.74) is 4.49. The second-order valence-electron chi connectivity index (χ2n) is 7.81. The number of carbonyl (C=O) groups is 1. The van der Waals surface area contributed by atoms with Crippen molar-refractivity contribution in [1.82, 2.24) is 9.78 Å². The van der Waals surface area contributed by atoms with Crippen LogP contribution in [0, 0.1) is 19.7 Å². The predicted octanol–water partition coefficient (Wildman–Crippen LogP) is 5.75. The highest BCUT2D eigenvalue weighted by Crippen LogP contribution is 2.36. The molecule has 34 heavy (non-hydrogen) atoms. The Hall–Kier alpha value is -4.33. The van der Waals surface area contributed by atoms with Gasteiger partial charge in [-0.3, -0.25) is 0 Å². The minimum Gasteiger partial charge on any atom is -0.493 e. The third-order valence-corrected chi connectivity index (χ3v) is 5.46. The number of rotatable bonds is 7. The van der Waals surface area contributed by atoms with Gasteiger partial charge in [-0.2, -0.15) is 5.10 Å². The van der Waals surface area contributed by atoms with Gasteiger partial charge >= 0.3 is 5.97 Å². The van der Waals surface area contributed by atoms with Crippen LogP contribution in [0.4, 0.5) is 15.9 Å². The Balaban J connectivity index is 1.90. The summed E-state index contributed by atoms with van der Waals surface area (Å²) >= 11 is 0. The van der Waals surface area contributed by atoms with Gasteiger partial charge in [-0.15, -0.1) is 0 Å². The lowest BCUT2D eigenvalue weighted by Gasteiger charge is -2.16. The predicted molar refractivity (Wildman–Crippen MR) is 128 cm³/mol. The van der Waals surface area contributed by atoms with Gasteiger partial charge in [-0.25, -0.2) is 13.9 Å². The van der Waals surface area contributed by atoms with Crippen LogP contribution >= 0.6 is 0 Å². The molecular formula is C26H24FN3O4. The van der Waals surface area contributed by atoms with Gasteiger partial charge in [0.2, 0.25) is 0 Å². The summed E-state index contributed by atoms with van der Waals surface area (Å²) in [6.07, 6.45) is 0. The number of hydrogen-bond acceptors (Lipinski definition) is 5. The number of halogens is 1. The molecule has 3 aromatic carbocycles. The molecule has 0 radical (unpaired) electrons. The number of carboxylic acids is 1. The summed E-state index contributed by atoms with van der Waals surface area (Å²) in [7, 11) is 2.93. The van der Waals surface area contributed by atoms with Crippen molar-refractivity contribution in [3.05, 3.63) is 83.2 Å². The van der Waals surface area contributed by atoms with Gasteiger partial charge in [0.05, 0.1) is 36.9 Å². The van der Waals surface area contributed by atoms with E-state index in [0.717, 1.165) is 22.4 Å². The summed E-state index contributed by atoms with van der Waals surface area (Å²) in [6, 6.07) is 16.8. The van der Waals surface area contributed by atoms with Crippen molar-refractivity contribution in [3.8, 4) is 28.4 Å². The van der Waals surface area contributed by atoms with Crippen LogP contribution in [-0.4, -0.2) is 35.1 Å². The molecule has 1 aromatic heterocycles. The molecule has 0 bridgehead atoms. The largest absolute Gasteiger partial charge is 0.493 e. The average Bonchev–Trinajstić information content (AvgIpc) is 3.24. The van der Waals surface area contributed by atoms with E-state index < -0.39 is 5.97 Å². The summed E-state index contributed by atoms with van der Waals surface area (Å²) in [6.45, 7) is 3.95. The van der Waals surface area contributed by atoms with Gasteiger partial charge in [0.15, 0.2) is 11.5 Å². The molecule has 4 rings (SSSR count). The van der Waals surface area contributed by atoms with Gasteiger partial charge in [-0.05, 0) is 55.3 Å². The molecule has 0 aliphatic rings. The normalized spacial score (nSPS) is 10.7. The number of aryl methyl sites for hydroxylation is 2. The first kappa shape index (κ1) is 22.8. The number of hydrogen-bond donors (Lipinski definition) is 2. The van der Waals surface area contributed by atoms with Gasteiger partial charge in [-0.1, -0.05) is 12.1 Å². The summed E-state index contributed by atoms with van der Waals surface area (Å²) in [4.78, 5) is 12.0. The molecule has 174 valence electrons. The molecule has 7 nitrogen and oxygen atoms in total. The molecular weight excluding hydrogens is 437 g/mol. The molecule has 0 amide bonds. The van der Waals surface area contributed by atoms with Crippen molar-refractivity contribution >= 4 is 17.5 Å². The molecule has 8 heteroatoms. The summed E-state index contributed by atoms with van der Waals surface area (Å²) in [5, 5.41) is 17.8. The minimum absolute atomic E-state index is 0.00898. The van der Waals surface area contributed by atoms with E-state index >= 15 is 0 Å². The number of ether oxygens (including phenoxy) is 2. The van der Waals surface area contributed by atoms with E-state index in [0.29, 0.717) is 28.7 Å². The minimum atomic E-state index is -1.12. The van der Waals surface area contributed by atoms with Crippen molar-refractivity contribution in [2.75, 3.05) is 19.5 Å². The number of methoxy groups -OCH3 is 2. The lowest BCUT2D eigenvalue weighted by molar-refractivity contribution is 0.0697. The van der Waals surface area contributed by atoms with E-state index in [9.17, 15) is 14.3 Å². The Kier molecular flexibility index (Phi) is 6.23. The smallest absolute Gasteiger partial charge is 0.337 e. The van der Waals surface area contributed by atoms with Gasteiger partial charge < -0.3 is 19.9 Å². The number of aromatic carboxylic acids is 1. The van der Waals surface area contributed by atoms with Crippen molar-refractivity contribution < 1.29 is 23.8 Å². The van der Waals surface area contributed by atoms with Crippen molar-refractivity contribution in [2.45, 2.75) is 13.8 Å². The van der Waals surface area contributed by atoms with E-state index in [1.807, 2.05) is 32.0 Å². The highest BCUT2D eigenvalue weighted by atomic mass is 19.1. The standard InChI is InChI=1S/C26H24FN3O4/c1-15-5-6-16(2)22(11-15)30-25(14-20(29-30)17-7-9-18(27)10-8-17)28-21-13-24(34-4)23(33-3)12-19(21)26(31)32/h5-14,28H,1-4H3,(H,31,32). The molecule has 1 heterocycles. The van der Waals surface area contributed by atoms with E-state index in [4.69, 9.17) is 14.6 Å². The second-order valence-corrected chi connectivity index (χ2v) is 7.81. The lowest BCUT2D eigenvalue weighted by Crippen LogP contribution is -2.08. The monoisotopic (exact) mass is 461 g/mol. The Morgan fingerprint density at radius 2 is 1.65 bits per heavy atom. The first-order chi connectivity index (χ1) is 16.3. The van der Waals surface area contributed by atoms with Crippen LogP contribution in [0.3, 0.4) is 0 Å². The molecule has 0 spiro atoms. The number of anilines is 2. The number of nitrogens with one attached hydrogen (secondary N) is 1.